The van der Waals surface area contributed by atoms with E-state index in [1.165, 1.54) is 39.0 Å². The summed E-state index contributed by atoms with van der Waals surface area (Å²) in [7, 11) is 1.92. The van der Waals surface area contributed by atoms with Crippen LogP contribution in [0, 0.1) is 11.3 Å². The van der Waals surface area contributed by atoms with Crippen LogP contribution < -0.4 is 0 Å². The molecule has 0 saturated heterocycles. The van der Waals surface area contributed by atoms with E-state index < -0.39 is 0 Å². The van der Waals surface area contributed by atoms with Gasteiger partial charge in [0.05, 0.1) is 5.71 Å². The summed E-state index contributed by atoms with van der Waals surface area (Å²) in [4.78, 5) is 4.71. The molecule has 0 aromatic heterocycles. The van der Waals surface area contributed by atoms with Crippen LogP contribution in [-0.4, -0.2) is 12.8 Å². The third kappa shape index (κ3) is 1.55. The fourth-order valence-corrected chi connectivity index (χ4v) is 6.32. The number of aliphatic imine (C=N–C) groups is 1. The summed E-state index contributed by atoms with van der Waals surface area (Å²) in [5.41, 5.74) is 10.4. The average molecular weight is 361 g/mol. The standard InChI is InChI=1S/C27H23N/c1-17-9-6-13-21-18-10-7-11-19-23(18)24-20(25(19)28-3)12-8-14-22(24)26(2)15-4-5-16-27(17,21)26/h4-17H,1-3H3. The molecule has 3 atom stereocenters. The lowest BCUT2D eigenvalue weighted by Crippen LogP contribution is -2.47. The van der Waals surface area contributed by atoms with Crippen molar-refractivity contribution in [1.82, 2.24) is 0 Å². The van der Waals surface area contributed by atoms with E-state index in [0.29, 0.717) is 5.92 Å². The molecule has 0 aliphatic heterocycles. The molecule has 0 heterocycles. The fraction of sp³-hybridized carbons (Fsp3) is 0.222. The fourth-order valence-electron chi connectivity index (χ4n) is 6.32. The molecule has 1 spiro atoms. The summed E-state index contributed by atoms with van der Waals surface area (Å²) in [5, 5.41) is 0. The first-order valence-corrected chi connectivity index (χ1v) is 10.1. The van der Waals surface area contributed by atoms with E-state index in [4.69, 9.17) is 4.99 Å². The molecule has 0 fully saturated rings. The normalized spacial score (nSPS) is 31.9. The topological polar surface area (TPSA) is 12.4 Å². The molecule has 0 radical (unpaired) electrons. The number of fused-ring (bicyclic) bond motifs is 2. The second-order valence-electron chi connectivity index (χ2n) is 8.57. The van der Waals surface area contributed by atoms with Crippen LogP contribution in [0.2, 0.25) is 0 Å². The maximum absolute atomic E-state index is 4.71. The first-order chi connectivity index (χ1) is 13.6. The van der Waals surface area contributed by atoms with E-state index in [1.807, 2.05) is 7.05 Å². The molecule has 0 N–H and O–H groups in total. The maximum Gasteiger partial charge on any atom is 0.0728 e. The van der Waals surface area contributed by atoms with E-state index in [-0.39, 0.29) is 10.8 Å². The highest BCUT2D eigenvalue weighted by Crippen LogP contribution is 2.65. The van der Waals surface area contributed by atoms with E-state index in [1.54, 1.807) is 0 Å². The number of benzene rings is 2. The molecule has 4 aliphatic rings. The Kier molecular flexibility index (Phi) is 2.93. The van der Waals surface area contributed by atoms with Crippen LogP contribution in [0.1, 0.15) is 36.1 Å². The van der Waals surface area contributed by atoms with Gasteiger partial charge in [-0.3, -0.25) is 4.99 Å². The minimum Gasteiger partial charge on any atom is -0.287 e. The zero-order valence-electron chi connectivity index (χ0n) is 16.5. The zero-order chi connectivity index (χ0) is 19.1. The summed E-state index contributed by atoms with van der Waals surface area (Å²) in [6.45, 7) is 4.80. The van der Waals surface area contributed by atoms with Gasteiger partial charge in [-0.05, 0) is 33.7 Å². The van der Waals surface area contributed by atoms with Gasteiger partial charge in [-0.1, -0.05) is 92.8 Å². The predicted molar refractivity (Wildman–Crippen MR) is 118 cm³/mol. The van der Waals surface area contributed by atoms with E-state index in [2.05, 4.69) is 92.8 Å². The molecule has 4 aliphatic carbocycles. The lowest BCUT2D eigenvalue weighted by Gasteiger charge is -2.52. The minimum atomic E-state index is -0.122. The first-order valence-electron chi connectivity index (χ1n) is 10.1. The van der Waals surface area contributed by atoms with Crippen molar-refractivity contribution in [2.75, 3.05) is 7.05 Å². The number of allylic oxidation sites excluding steroid dienone is 8. The lowest BCUT2D eigenvalue weighted by molar-refractivity contribution is 0.261. The van der Waals surface area contributed by atoms with Gasteiger partial charge < -0.3 is 0 Å². The molecule has 0 bridgehead atoms. The van der Waals surface area contributed by atoms with Crippen molar-refractivity contribution in [3.63, 3.8) is 0 Å². The monoisotopic (exact) mass is 361 g/mol. The zero-order valence-corrected chi connectivity index (χ0v) is 16.5. The molecule has 6 rings (SSSR count). The molecule has 1 nitrogen and oxygen atoms in total. The number of hydrogen-bond acceptors (Lipinski definition) is 1. The predicted octanol–water partition coefficient (Wildman–Crippen LogP) is 6.11. The second-order valence-corrected chi connectivity index (χ2v) is 8.57. The maximum atomic E-state index is 4.71. The van der Waals surface area contributed by atoms with Crippen LogP contribution in [-0.2, 0) is 5.41 Å². The van der Waals surface area contributed by atoms with Crippen LogP contribution in [0.3, 0.4) is 0 Å². The second kappa shape index (κ2) is 5.11. The molecule has 3 unspecified atom stereocenters. The Labute approximate surface area is 166 Å². The Morgan fingerprint density at radius 2 is 1.57 bits per heavy atom. The summed E-state index contributed by atoms with van der Waals surface area (Å²) >= 11 is 0. The molecular weight excluding hydrogens is 338 g/mol. The molecule has 0 amide bonds. The van der Waals surface area contributed by atoms with Gasteiger partial charge in [-0.25, -0.2) is 0 Å². The lowest BCUT2D eigenvalue weighted by atomic mass is 9.50. The molecule has 2 aromatic rings. The molecule has 1 heteroatoms. The van der Waals surface area contributed by atoms with Gasteiger partial charge in [-0.15, -0.1) is 0 Å². The molecule has 0 saturated carbocycles. The number of hydrogen-bond donors (Lipinski definition) is 0. The smallest absolute Gasteiger partial charge is 0.0728 e. The van der Waals surface area contributed by atoms with E-state index >= 15 is 0 Å². The van der Waals surface area contributed by atoms with Crippen LogP contribution >= 0.6 is 0 Å². The van der Waals surface area contributed by atoms with E-state index in [9.17, 15) is 0 Å². The Hall–Kier alpha value is -2.93. The Morgan fingerprint density at radius 1 is 0.857 bits per heavy atom. The Balaban J connectivity index is 1.88. The summed E-state index contributed by atoms with van der Waals surface area (Å²) < 4.78 is 0. The first kappa shape index (κ1) is 16.1. The Bertz CT molecular complexity index is 1200. The SMILES string of the molecule is CN=C1c2cccc3c2-c2c1cccc2C1(C)C=CC=CC12C3=CC=CC2C. The molecule has 136 valence electrons. The summed E-state index contributed by atoms with van der Waals surface area (Å²) in [5.74, 6) is 0.406. The number of nitrogens with zero attached hydrogens (tertiary/aromatic N) is 1. The van der Waals surface area contributed by atoms with E-state index in [0.717, 1.165) is 5.71 Å². The van der Waals surface area contributed by atoms with Gasteiger partial charge in [0.2, 0.25) is 0 Å². The largest absolute Gasteiger partial charge is 0.287 e. The van der Waals surface area contributed by atoms with Crippen LogP contribution in [0.4, 0.5) is 0 Å². The third-order valence-corrected chi connectivity index (χ3v) is 7.55. The van der Waals surface area contributed by atoms with Gasteiger partial charge >= 0.3 is 0 Å². The minimum absolute atomic E-state index is 0.0887. The summed E-state index contributed by atoms with van der Waals surface area (Å²) in [6, 6.07) is 13.6. The van der Waals surface area contributed by atoms with Gasteiger partial charge in [-0.2, -0.15) is 0 Å². The van der Waals surface area contributed by atoms with Crippen LogP contribution in [0.15, 0.2) is 83.9 Å². The average Bonchev–Trinajstić information content (AvgIpc) is 3.01. The van der Waals surface area contributed by atoms with Gasteiger partial charge in [0.25, 0.3) is 0 Å². The molecule has 2 aromatic carbocycles. The van der Waals surface area contributed by atoms with Crippen molar-refractivity contribution in [3.8, 4) is 11.1 Å². The van der Waals surface area contributed by atoms with Crippen molar-refractivity contribution < 1.29 is 0 Å². The number of rotatable bonds is 0. The van der Waals surface area contributed by atoms with Crippen molar-refractivity contribution in [1.29, 1.82) is 0 Å². The van der Waals surface area contributed by atoms with Gasteiger partial charge in [0.1, 0.15) is 0 Å². The third-order valence-electron chi connectivity index (χ3n) is 7.55. The van der Waals surface area contributed by atoms with Gasteiger partial charge in [0, 0.05) is 29.0 Å². The van der Waals surface area contributed by atoms with Crippen molar-refractivity contribution >= 4 is 11.3 Å². The van der Waals surface area contributed by atoms with Gasteiger partial charge in [0.15, 0.2) is 0 Å². The van der Waals surface area contributed by atoms with Crippen LogP contribution in [0.25, 0.3) is 16.7 Å². The van der Waals surface area contributed by atoms with Crippen molar-refractivity contribution in [2.45, 2.75) is 19.3 Å². The molecular formula is C27H23N. The Morgan fingerprint density at radius 3 is 2.39 bits per heavy atom. The van der Waals surface area contributed by atoms with Crippen molar-refractivity contribution in [3.05, 3.63) is 101 Å². The van der Waals surface area contributed by atoms with Crippen LogP contribution in [0.5, 0.6) is 0 Å². The summed E-state index contributed by atoms with van der Waals surface area (Å²) in [6.07, 6.45) is 16.3. The molecule has 28 heavy (non-hydrogen) atoms. The van der Waals surface area contributed by atoms with Crippen molar-refractivity contribution in [2.24, 2.45) is 16.3 Å². The highest BCUT2D eigenvalue weighted by Gasteiger charge is 2.56. The highest BCUT2D eigenvalue weighted by atomic mass is 14.7. The highest BCUT2D eigenvalue weighted by molar-refractivity contribution is 6.26. The quantitative estimate of drug-likeness (QED) is 0.458.